The normalized spacial score (nSPS) is 12.3. The lowest BCUT2D eigenvalue weighted by atomic mass is 10.3. The number of aliphatic hydroxyl groups is 1. The number of likely N-dealkylation sites (N-methyl/N-ethyl adjacent to an activating group) is 1. The predicted molar refractivity (Wildman–Crippen MR) is 61.3 cm³/mol. The maximum atomic E-state index is 9.06. The van der Waals surface area contributed by atoms with Gasteiger partial charge in [0.05, 0.1) is 12.6 Å². The lowest BCUT2D eigenvalue weighted by molar-refractivity contribution is 0.269. The van der Waals surface area contributed by atoms with E-state index in [1.807, 2.05) is 38.9 Å². The molecule has 0 saturated carbocycles. The summed E-state index contributed by atoms with van der Waals surface area (Å²) in [5, 5.41) is 12.0. The molecule has 1 aromatic heterocycles. The van der Waals surface area contributed by atoms with E-state index in [1.165, 1.54) is 0 Å². The van der Waals surface area contributed by atoms with E-state index in [1.54, 1.807) is 0 Å². The van der Waals surface area contributed by atoms with Crippen molar-refractivity contribution in [3.63, 3.8) is 0 Å². The summed E-state index contributed by atoms with van der Waals surface area (Å²) in [6, 6.07) is 1.91. The summed E-state index contributed by atoms with van der Waals surface area (Å²) in [5.74, 6) is 2.32. The SMILES string of the molecule is CNc1cc(N(C)C(C)CO)nc(C)n1. The molecule has 0 aliphatic heterocycles. The van der Waals surface area contributed by atoms with Crippen LogP contribution in [0.25, 0.3) is 0 Å². The van der Waals surface area contributed by atoms with Gasteiger partial charge in [0.25, 0.3) is 0 Å². The Hall–Kier alpha value is -1.36. The average Bonchev–Trinajstić information content (AvgIpc) is 2.26. The largest absolute Gasteiger partial charge is 0.394 e. The van der Waals surface area contributed by atoms with Gasteiger partial charge in [-0.05, 0) is 13.8 Å². The van der Waals surface area contributed by atoms with Gasteiger partial charge in [-0.2, -0.15) is 0 Å². The van der Waals surface area contributed by atoms with Crippen LogP contribution in [0.15, 0.2) is 6.07 Å². The zero-order chi connectivity index (χ0) is 11.4. The second kappa shape index (κ2) is 4.93. The lowest BCUT2D eigenvalue weighted by Crippen LogP contribution is -2.32. The Kier molecular flexibility index (Phi) is 3.85. The van der Waals surface area contributed by atoms with Gasteiger partial charge in [0, 0.05) is 20.2 Å². The minimum Gasteiger partial charge on any atom is -0.394 e. The average molecular weight is 210 g/mol. The monoisotopic (exact) mass is 210 g/mol. The van der Waals surface area contributed by atoms with E-state index in [9.17, 15) is 0 Å². The summed E-state index contributed by atoms with van der Waals surface area (Å²) in [7, 11) is 3.73. The topological polar surface area (TPSA) is 61.3 Å². The van der Waals surface area contributed by atoms with Gasteiger partial charge < -0.3 is 15.3 Å². The molecule has 0 bridgehead atoms. The van der Waals surface area contributed by atoms with Crippen LogP contribution in [0.3, 0.4) is 0 Å². The quantitative estimate of drug-likeness (QED) is 0.764. The minimum absolute atomic E-state index is 0.0454. The molecule has 5 heteroatoms. The summed E-state index contributed by atoms with van der Waals surface area (Å²) in [6.07, 6.45) is 0. The Bertz CT molecular complexity index is 329. The molecule has 84 valence electrons. The van der Waals surface area contributed by atoms with E-state index in [2.05, 4.69) is 15.3 Å². The van der Waals surface area contributed by atoms with E-state index in [-0.39, 0.29) is 12.6 Å². The highest BCUT2D eigenvalue weighted by molar-refractivity contribution is 5.49. The zero-order valence-electron chi connectivity index (χ0n) is 9.65. The van der Waals surface area contributed by atoms with Crippen molar-refractivity contribution >= 4 is 11.6 Å². The highest BCUT2D eigenvalue weighted by Crippen LogP contribution is 2.15. The van der Waals surface area contributed by atoms with Crippen LogP contribution in [-0.2, 0) is 0 Å². The summed E-state index contributed by atoms with van der Waals surface area (Å²) in [5.41, 5.74) is 0. The second-order valence-corrected chi connectivity index (χ2v) is 3.55. The van der Waals surface area contributed by atoms with Crippen LogP contribution in [0, 0.1) is 6.92 Å². The van der Waals surface area contributed by atoms with Gasteiger partial charge in [0.2, 0.25) is 0 Å². The number of hydrogen-bond donors (Lipinski definition) is 2. The van der Waals surface area contributed by atoms with Crippen molar-refractivity contribution in [1.82, 2.24) is 9.97 Å². The Morgan fingerprint density at radius 3 is 2.73 bits per heavy atom. The molecule has 0 fully saturated rings. The zero-order valence-corrected chi connectivity index (χ0v) is 9.65. The summed E-state index contributed by atoms with van der Waals surface area (Å²) >= 11 is 0. The fourth-order valence-corrected chi connectivity index (χ4v) is 1.21. The minimum atomic E-state index is 0.0454. The van der Waals surface area contributed by atoms with E-state index in [0.29, 0.717) is 5.82 Å². The number of hydrogen-bond acceptors (Lipinski definition) is 5. The molecule has 0 radical (unpaired) electrons. The molecule has 0 amide bonds. The molecule has 0 aromatic carbocycles. The first-order valence-electron chi connectivity index (χ1n) is 4.95. The van der Waals surface area contributed by atoms with Crippen molar-refractivity contribution < 1.29 is 5.11 Å². The third-order valence-electron chi connectivity index (χ3n) is 2.37. The highest BCUT2D eigenvalue weighted by atomic mass is 16.3. The fraction of sp³-hybridized carbons (Fsp3) is 0.600. The van der Waals surface area contributed by atoms with Crippen LogP contribution in [0.2, 0.25) is 0 Å². The molecule has 15 heavy (non-hydrogen) atoms. The molecule has 5 nitrogen and oxygen atoms in total. The van der Waals surface area contributed by atoms with E-state index >= 15 is 0 Å². The molecule has 1 unspecified atom stereocenters. The molecule has 0 saturated heterocycles. The van der Waals surface area contributed by atoms with Crippen molar-refractivity contribution in [3.8, 4) is 0 Å². The number of nitrogens with zero attached hydrogens (tertiary/aromatic N) is 3. The third-order valence-corrected chi connectivity index (χ3v) is 2.37. The fourth-order valence-electron chi connectivity index (χ4n) is 1.21. The standard InChI is InChI=1S/C10H18N4O/c1-7(6-15)14(4)10-5-9(11-3)12-8(2)13-10/h5,7,15H,6H2,1-4H3,(H,11,12,13). The van der Waals surface area contributed by atoms with E-state index in [4.69, 9.17) is 5.11 Å². The Labute approximate surface area is 90.2 Å². The maximum Gasteiger partial charge on any atom is 0.134 e. The Morgan fingerprint density at radius 2 is 2.20 bits per heavy atom. The smallest absolute Gasteiger partial charge is 0.134 e. The van der Waals surface area contributed by atoms with E-state index < -0.39 is 0 Å². The summed E-state index contributed by atoms with van der Waals surface area (Å²) in [4.78, 5) is 10.4. The number of aryl methyl sites for hydroxylation is 1. The molecular formula is C10H18N4O. The number of aromatic nitrogens is 2. The molecule has 1 aromatic rings. The van der Waals surface area contributed by atoms with Gasteiger partial charge in [-0.1, -0.05) is 0 Å². The second-order valence-electron chi connectivity index (χ2n) is 3.55. The van der Waals surface area contributed by atoms with E-state index in [0.717, 1.165) is 11.6 Å². The Morgan fingerprint density at radius 1 is 1.53 bits per heavy atom. The van der Waals surface area contributed by atoms with Crippen molar-refractivity contribution in [3.05, 3.63) is 11.9 Å². The molecule has 0 aliphatic rings. The predicted octanol–water partition coefficient (Wildman–Crippen LogP) is 0.644. The van der Waals surface area contributed by atoms with Gasteiger partial charge in [-0.25, -0.2) is 9.97 Å². The summed E-state index contributed by atoms with van der Waals surface area (Å²) < 4.78 is 0. The summed E-state index contributed by atoms with van der Waals surface area (Å²) in [6.45, 7) is 3.90. The first-order chi connectivity index (χ1) is 7.08. The highest BCUT2D eigenvalue weighted by Gasteiger charge is 2.11. The molecule has 0 spiro atoms. The first kappa shape index (κ1) is 11.7. The van der Waals surface area contributed by atoms with Gasteiger partial charge in [0.1, 0.15) is 17.5 Å². The molecule has 1 atom stereocenters. The molecule has 0 aliphatic carbocycles. The lowest BCUT2D eigenvalue weighted by Gasteiger charge is -2.24. The van der Waals surface area contributed by atoms with Crippen LogP contribution in [-0.4, -0.2) is 41.8 Å². The van der Waals surface area contributed by atoms with Gasteiger partial charge in [-0.15, -0.1) is 0 Å². The van der Waals surface area contributed by atoms with Crippen molar-refractivity contribution in [2.75, 3.05) is 30.9 Å². The maximum absolute atomic E-state index is 9.06. The van der Waals surface area contributed by atoms with Crippen LogP contribution in [0.1, 0.15) is 12.7 Å². The van der Waals surface area contributed by atoms with Gasteiger partial charge in [0.15, 0.2) is 0 Å². The number of anilines is 2. The van der Waals surface area contributed by atoms with Gasteiger partial charge >= 0.3 is 0 Å². The first-order valence-corrected chi connectivity index (χ1v) is 4.95. The van der Waals surface area contributed by atoms with Gasteiger partial charge in [-0.3, -0.25) is 0 Å². The van der Waals surface area contributed by atoms with Crippen molar-refractivity contribution in [2.24, 2.45) is 0 Å². The molecular weight excluding hydrogens is 192 g/mol. The Balaban J connectivity index is 2.97. The third kappa shape index (κ3) is 2.79. The van der Waals surface area contributed by atoms with Crippen molar-refractivity contribution in [2.45, 2.75) is 19.9 Å². The van der Waals surface area contributed by atoms with Crippen LogP contribution in [0.4, 0.5) is 11.6 Å². The van der Waals surface area contributed by atoms with Crippen LogP contribution >= 0.6 is 0 Å². The number of aliphatic hydroxyl groups excluding tert-OH is 1. The number of rotatable bonds is 4. The molecule has 1 rings (SSSR count). The molecule has 1 heterocycles. The van der Waals surface area contributed by atoms with Crippen molar-refractivity contribution in [1.29, 1.82) is 0 Å². The van der Waals surface area contributed by atoms with Crippen LogP contribution < -0.4 is 10.2 Å². The number of nitrogens with one attached hydrogen (secondary N) is 1. The van der Waals surface area contributed by atoms with Crippen LogP contribution in [0.5, 0.6) is 0 Å². The molecule has 2 N–H and O–H groups in total.